The number of nitro groups is 1. The highest BCUT2D eigenvalue weighted by Gasteiger charge is 2.31. The maximum atomic E-state index is 13.3. The van der Waals surface area contributed by atoms with E-state index in [4.69, 9.17) is 32.7 Å². The van der Waals surface area contributed by atoms with Gasteiger partial charge in [-0.15, -0.1) is 0 Å². The molecule has 1 atom stereocenters. The van der Waals surface area contributed by atoms with Gasteiger partial charge in [-0.05, 0) is 51.0 Å². The number of amides is 2. The smallest absolute Gasteiger partial charge is 0.311 e. The number of carbonyl (C=O) groups excluding carboxylic acids is 2. The summed E-state index contributed by atoms with van der Waals surface area (Å²) in [6.07, 6.45) is 0.361. The lowest BCUT2D eigenvalue weighted by atomic mass is 10.1. The Morgan fingerprint density at radius 1 is 1.14 bits per heavy atom. The maximum Gasteiger partial charge on any atom is 0.311 e. The standard InChI is InChI=1S/C24H29Cl2N3O6/c1-6-19(23(31)27-24(2,3)4)28(13-15-7-9-17(25)18(26)11-15)22(30)14-35-16-8-10-20(29(32)33)21(12-16)34-5/h7-12,19H,6,13-14H2,1-5H3,(H,27,31). The van der Waals surface area contributed by atoms with Gasteiger partial charge in [-0.3, -0.25) is 19.7 Å². The number of hydrogen-bond donors (Lipinski definition) is 1. The van der Waals surface area contributed by atoms with E-state index in [0.717, 1.165) is 0 Å². The Hall–Kier alpha value is -3.04. The Labute approximate surface area is 214 Å². The van der Waals surface area contributed by atoms with Crippen molar-refractivity contribution >= 4 is 40.7 Å². The number of nitrogens with one attached hydrogen (secondary N) is 1. The summed E-state index contributed by atoms with van der Waals surface area (Å²) in [5.74, 6) is -0.541. The summed E-state index contributed by atoms with van der Waals surface area (Å²) in [5.41, 5.74) is -0.0293. The second-order valence-corrected chi connectivity index (χ2v) is 9.63. The van der Waals surface area contributed by atoms with Crippen LogP contribution in [0.25, 0.3) is 0 Å². The van der Waals surface area contributed by atoms with Gasteiger partial charge < -0.3 is 19.7 Å². The molecule has 0 bridgehead atoms. The molecule has 190 valence electrons. The zero-order valence-corrected chi connectivity index (χ0v) is 21.8. The number of carbonyl (C=O) groups is 2. The van der Waals surface area contributed by atoms with Crippen molar-refractivity contribution in [1.82, 2.24) is 10.2 Å². The average molecular weight is 526 g/mol. The first-order chi connectivity index (χ1) is 16.4. The van der Waals surface area contributed by atoms with Gasteiger partial charge in [0, 0.05) is 24.2 Å². The lowest BCUT2D eigenvalue weighted by Gasteiger charge is -2.33. The molecule has 0 saturated heterocycles. The molecule has 0 saturated carbocycles. The molecule has 0 aliphatic rings. The van der Waals surface area contributed by atoms with E-state index in [2.05, 4.69) is 5.32 Å². The summed E-state index contributed by atoms with van der Waals surface area (Å²) in [4.78, 5) is 38.3. The largest absolute Gasteiger partial charge is 0.490 e. The molecule has 0 radical (unpaired) electrons. The summed E-state index contributed by atoms with van der Waals surface area (Å²) in [7, 11) is 1.30. The summed E-state index contributed by atoms with van der Waals surface area (Å²) < 4.78 is 10.7. The molecule has 0 aromatic heterocycles. The quantitative estimate of drug-likeness (QED) is 0.344. The van der Waals surface area contributed by atoms with E-state index in [-0.39, 0.29) is 29.6 Å². The van der Waals surface area contributed by atoms with E-state index in [1.165, 1.54) is 30.2 Å². The Morgan fingerprint density at radius 3 is 2.37 bits per heavy atom. The third kappa shape index (κ3) is 8.00. The van der Waals surface area contributed by atoms with E-state index in [0.29, 0.717) is 22.0 Å². The van der Waals surface area contributed by atoms with Crippen molar-refractivity contribution in [3.05, 3.63) is 62.1 Å². The number of halogens is 2. The van der Waals surface area contributed by atoms with Crippen molar-refractivity contribution < 1.29 is 24.0 Å². The first-order valence-corrected chi connectivity index (χ1v) is 11.6. The second-order valence-electron chi connectivity index (χ2n) is 8.81. The van der Waals surface area contributed by atoms with Crippen LogP contribution in [0, 0.1) is 10.1 Å². The van der Waals surface area contributed by atoms with Crippen molar-refractivity contribution in [1.29, 1.82) is 0 Å². The number of nitrogens with zero attached hydrogens (tertiary/aromatic N) is 2. The van der Waals surface area contributed by atoms with Crippen LogP contribution in [0.15, 0.2) is 36.4 Å². The predicted molar refractivity (Wildman–Crippen MR) is 134 cm³/mol. The zero-order valence-electron chi connectivity index (χ0n) is 20.3. The Bertz CT molecular complexity index is 1090. The number of methoxy groups -OCH3 is 1. The van der Waals surface area contributed by atoms with Gasteiger partial charge in [0.1, 0.15) is 11.8 Å². The second kappa shape index (κ2) is 12.1. The topological polar surface area (TPSA) is 111 Å². The van der Waals surface area contributed by atoms with Gasteiger partial charge in [0.25, 0.3) is 5.91 Å². The van der Waals surface area contributed by atoms with Crippen LogP contribution in [0.2, 0.25) is 10.0 Å². The molecule has 0 fully saturated rings. The first kappa shape index (κ1) is 28.2. The van der Waals surface area contributed by atoms with Crippen LogP contribution in [0.3, 0.4) is 0 Å². The summed E-state index contributed by atoms with van der Waals surface area (Å²) in [6, 6.07) is 8.16. The average Bonchev–Trinajstić information content (AvgIpc) is 2.78. The molecule has 0 aliphatic carbocycles. The number of rotatable bonds is 10. The number of hydrogen-bond acceptors (Lipinski definition) is 6. The van der Waals surface area contributed by atoms with Gasteiger partial charge in [0.05, 0.1) is 22.1 Å². The third-order valence-corrected chi connectivity index (χ3v) is 5.67. The highest BCUT2D eigenvalue weighted by Crippen LogP contribution is 2.31. The fraction of sp³-hybridized carbons (Fsp3) is 0.417. The first-order valence-electron chi connectivity index (χ1n) is 10.9. The van der Waals surface area contributed by atoms with E-state index < -0.39 is 29.0 Å². The molecule has 1 N–H and O–H groups in total. The summed E-state index contributed by atoms with van der Waals surface area (Å²) in [6.45, 7) is 7.07. The molecule has 2 aromatic rings. The molecule has 11 heteroatoms. The van der Waals surface area contributed by atoms with E-state index in [1.54, 1.807) is 18.2 Å². The van der Waals surface area contributed by atoms with Gasteiger partial charge in [0.15, 0.2) is 6.61 Å². The minimum absolute atomic E-state index is 0.00333. The van der Waals surface area contributed by atoms with Crippen molar-refractivity contribution in [3.63, 3.8) is 0 Å². The molecule has 1 unspecified atom stereocenters. The van der Waals surface area contributed by atoms with Crippen molar-refractivity contribution in [2.75, 3.05) is 13.7 Å². The molecular weight excluding hydrogens is 497 g/mol. The Morgan fingerprint density at radius 2 is 1.83 bits per heavy atom. The van der Waals surface area contributed by atoms with Crippen molar-refractivity contribution in [2.45, 2.75) is 52.2 Å². The molecule has 2 rings (SSSR count). The molecule has 0 spiro atoms. The minimum Gasteiger partial charge on any atom is -0.490 e. The van der Waals surface area contributed by atoms with E-state index in [1.807, 2.05) is 27.7 Å². The molecule has 9 nitrogen and oxygen atoms in total. The maximum absolute atomic E-state index is 13.3. The van der Waals surface area contributed by atoms with Crippen molar-refractivity contribution in [2.24, 2.45) is 0 Å². The third-order valence-electron chi connectivity index (χ3n) is 4.93. The molecule has 0 heterocycles. The van der Waals surface area contributed by atoms with Crippen LogP contribution in [-0.4, -0.2) is 46.9 Å². The van der Waals surface area contributed by atoms with Crippen molar-refractivity contribution in [3.8, 4) is 11.5 Å². The zero-order chi connectivity index (χ0) is 26.3. The number of ether oxygens (including phenoxy) is 2. The van der Waals surface area contributed by atoms with Crippen LogP contribution in [0.1, 0.15) is 39.7 Å². The normalized spacial score (nSPS) is 12.0. The Kier molecular flexibility index (Phi) is 9.73. The van der Waals surface area contributed by atoms with Crippen LogP contribution in [0.4, 0.5) is 5.69 Å². The number of benzene rings is 2. The highest BCUT2D eigenvalue weighted by atomic mass is 35.5. The summed E-state index contributed by atoms with van der Waals surface area (Å²) >= 11 is 12.2. The van der Waals surface area contributed by atoms with Crippen LogP contribution in [0.5, 0.6) is 11.5 Å². The van der Waals surface area contributed by atoms with Gasteiger partial charge in [0.2, 0.25) is 11.7 Å². The fourth-order valence-corrected chi connectivity index (χ4v) is 3.65. The monoisotopic (exact) mass is 525 g/mol. The SMILES string of the molecule is CCC(C(=O)NC(C)(C)C)N(Cc1ccc(Cl)c(Cl)c1)C(=O)COc1ccc([N+](=O)[O-])c(OC)c1. The van der Waals surface area contributed by atoms with Gasteiger partial charge in [-0.1, -0.05) is 36.2 Å². The summed E-state index contributed by atoms with van der Waals surface area (Å²) in [5, 5.41) is 14.7. The predicted octanol–water partition coefficient (Wildman–Crippen LogP) is 5.01. The molecule has 2 amide bonds. The Balaban J connectivity index is 2.30. The van der Waals surface area contributed by atoms with Crippen LogP contribution < -0.4 is 14.8 Å². The molecule has 2 aromatic carbocycles. The lowest BCUT2D eigenvalue weighted by Crippen LogP contribution is -2.54. The van der Waals surface area contributed by atoms with E-state index in [9.17, 15) is 19.7 Å². The van der Waals surface area contributed by atoms with Gasteiger partial charge in [-0.2, -0.15) is 0 Å². The number of nitro benzene ring substituents is 1. The lowest BCUT2D eigenvalue weighted by molar-refractivity contribution is -0.385. The highest BCUT2D eigenvalue weighted by molar-refractivity contribution is 6.42. The minimum atomic E-state index is -0.772. The van der Waals surface area contributed by atoms with Gasteiger partial charge >= 0.3 is 5.69 Å². The van der Waals surface area contributed by atoms with E-state index >= 15 is 0 Å². The van der Waals surface area contributed by atoms with Gasteiger partial charge in [-0.25, -0.2) is 0 Å². The van der Waals surface area contributed by atoms with Crippen LogP contribution >= 0.6 is 23.2 Å². The molecule has 0 aliphatic heterocycles. The van der Waals surface area contributed by atoms with Crippen LogP contribution in [-0.2, 0) is 16.1 Å². The molecular formula is C24H29Cl2N3O6. The molecule has 35 heavy (non-hydrogen) atoms. The fourth-order valence-electron chi connectivity index (χ4n) is 3.33.